The summed E-state index contributed by atoms with van der Waals surface area (Å²) in [4.78, 5) is 21.5. The number of carbonyl (C=O) groups excluding carboxylic acids is 2. The molecule has 0 unspecified atom stereocenters. The lowest BCUT2D eigenvalue weighted by Gasteiger charge is -2.26. The summed E-state index contributed by atoms with van der Waals surface area (Å²) in [6.45, 7) is 4.99. The Balaban J connectivity index is 3.15. The molecule has 0 saturated heterocycles. The van der Waals surface area contributed by atoms with Gasteiger partial charge in [-0.15, -0.1) is 0 Å². The van der Waals surface area contributed by atoms with E-state index in [1.165, 1.54) is 18.2 Å². The standard InChI is InChI=1S/C14H14O3/c1-10(5-7-15)4-6-14(17)11(2)8-13(16)9-12(14)3/h5,7-9,17H,1-3H3/b10-5-. The van der Waals surface area contributed by atoms with Crippen molar-refractivity contribution in [3.05, 3.63) is 34.9 Å². The predicted molar refractivity (Wildman–Crippen MR) is 65.1 cm³/mol. The first-order chi connectivity index (χ1) is 7.90. The smallest absolute Gasteiger partial charge is 0.178 e. The molecule has 0 aromatic heterocycles. The van der Waals surface area contributed by atoms with E-state index in [0.29, 0.717) is 23.0 Å². The van der Waals surface area contributed by atoms with Gasteiger partial charge in [-0.3, -0.25) is 9.59 Å². The van der Waals surface area contributed by atoms with Gasteiger partial charge in [0.2, 0.25) is 0 Å². The average Bonchev–Trinajstić information content (AvgIpc) is 2.24. The Morgan fingerprint density at radius 3 is 2.35 bits per heavy atom. The lowest BCUT2D eigenvalue weighted by molar-refractivity contribution is -0.111. The zero-order chi connectivity index (χ0) is 13.1. The van der Waals surface area contributed by atoms with E-state index in [1.807, 2.05) is 0 Å². The first-order valence-electron chi connectivity index (χ1n) is 5.19. The summed E-state index contributed by atoms with van der Waals surface area (Å²) < 4.78 is 0. The van der Waals surface area contributed by atoms with Crippen LogP contribution in [0, 0.1) is 11.8 Å². The van der Waals surface area contributed by atoms with Crippen LogP contribution in [0.25, 0.3) is 0 Å². The van der Waals surface area contributed by atoms with Gasteiger partial charge in [-0.25, -0.2) is 0 Å². The van der Waals surface area contributed by atoms with Crippen LogP contribution in [0.2, 0.25) is 0 Å². The van der Waals surface area contributed by atoms with Crippen molar-refractivity contribution in [2.75, 3.05) is 0 Å². The molecule has 0 heterocycles. The van der Waals surface area contributed by atoms with E-state index < -0.39 is 5.60 Å². The highest BCUT2D eigenvalue weighted by atomic mass is 16.3. The minimum atomic E-state index is -1.41. The molecule has 1 N–H and O–H groups in total. The van der Waals surface area contributed by atoms with E-state index in [-0.39, 0.29) is 5.78 Å². The molecule has 0 radical (unpaired) electrons. The highest BCUT2D eigenvalue weighted by molar-refractivity contribution is 6.02. The van der Waals surface area contributed by atoms with Gasteiger partial charge in [-0.1, -0.05) is 11.8 Å². The Kier molecular flexibility index (Phi) is 3.82. The van der Waals surface area contributed by atoms with Crippen molar-refractivity contribution in [3.8, 4) is 11.8 Å². The summed E-state index contributed by atoms with van der Waals surface area (Å²) in [7, 11) is 0. The van der Waals surface area contributed by atoms with E-state index in [1.54, 1.807) is 20.8 Å². The molecule has 0 bridgehead atoms. The van der Waals surface area contributed by atoms with Crippen molar-refractivity contribution in [3.63, 3.8) is 0 Å². The molecule has 0 spiro atoms. The molecule has 0 saturated carbocycles. The van der Waals surface area contributed by atoms with Gasteiger partial charge in [0.1, 0.15) is 6.29 Å². The number of aldehydes is 1. The van der Waals surface area contributed by atoms with E-state index >= 15 is 0 Å². The van der Waals surface area contributed by atoms with Crippen LogP contribution in [0.5, 0.6) is 0 Å². The van der Waals surface area contributed by atoms with Crippen molar-refractivity contribution in [1.82, 2.24) is 0 Å². The monoisotopic (exact) mass is 230 g/mol. The number of aliphatic hydroxyl groups is 1. The van der Waals surface area contributed by atoms with Crippen LogP contribution in [0.15, 0.2) is 34.9 Å². The molecule has 0 amide bonds. The van der Waals surface area contributed by atoms with Crippen molar-refractivity contribution in [2.24, 2.45) is 0 Å². The zero-order valence-corrected chi connectivity index (χ0v) is 10.1. The molecule has 0 fully saturated rings. The Bertz CT molecular complexity index is 485. The first kappa shape index (κ1) is 13.1. The fourth-order valence-electron chi connectivity index (χ4n) is 1.52. The second kappa shape index (κ2) is 4.94. The van der Waals surface area contributed by atoms with E-state index in [0.717, 1.165) is 0 Å². The fourth-order valence-corrected chi connectivity index (χ4v) is 1.52. The minimum absolute atomic E-state index is 0.147. The molecule has 0 aromatic rings. The normalized spacial score (nSPS) is 18.8. The molecule has 88 valence electrons. The van der Waals surface area contributed by atoms with Gasteiger partial charge in [-0.05, 0) is 50.1 Å². The van der Waals surface area contributed by atoms with Gasteiger partial charge in [0.05, 0.1) is 0 Å². The molecule has 0 aliphatic heterocycles. The lowest BCUT2D eigenvalue weighted by Crippen LogP contribution is -2.33. The van der Waals surface area contributed by atoms with Gasteiger partial charge in [0, 0.05) is 5.57 Å². The molecule has 3 nitrogen and oxygen atoms in total. The van der Waals surface area contributed by atoms with Crippen molar-refractivity contribution < 1.29 is 14.7 Å². The predicted octanol–water partition coefficient (Wildman–Crippen LogP) is 1.34. The zero-order valence-electron chi connectivity index (χ0n) is 10.1. The quantitative estimate of drug-likeness (QED) is 0.420. The third kappa shape index (κ3) is 2.80. The van der Waals surface area contributed by atoms with E-state index in [2.05, 4.69) is 11.8 Å². The minimum Gasteiger partial charge on any atom is -0.370 e. The summed E-state index contributed by atoms with van der Waals surface area (Å²) in [5.74, 6) is 5.25. The second-order valence-electron chi connectivity index (χ2n) is 4.00. The lowest BCUT2D eigenvalue weighted by atomic mass is 9.83. The number of allylic oxidation sites excluding steroid dienone is 4. The average molecular weight is 230 g/mol. The van der Waals surface area contributed by atoms with Crippen molar-refractivity contribution in [2.45, 2.75) is 26.4 Å². The summed E-state index contributed by atoms with van der Waals surface area (Å²) >= 11 is 0. The Hall–Kier alpha value is -1.92. The first-order valence-corrected chi connectivity index (χ1v) is 5.19. The maximum absolute atomic E-state index is 11.2. The van der Waals surface area contributed by atoms with Gasteiger partial charge in [-0.2, -0.15) is 0 Å². The summed E-state index contributed by atoms with van der Waals surface area (Å²) in [6, 6.07) is 0. The van der Waals surface area contributed by atoms with Crippen LogP contribution in [0.4, 0.5) is 0 Å². The number of hydrogen-bond acceptors (Lipinski definition) is 3. The van der Waals surface area contributed by atoms with Gasteiger partial charge in [0.25, 0.3) is 0 Å². The SMILES string of the molecule is CC1=CC(=O)C=C(C)C1(O)C#C/C(C)=C\C=O. The molecule has 3 heteroatoms. The third-order valence-electron chi connectivity index (χ3n) is 2.62. The molecule has 1 aliphatic carbocycles. The van der Waals surface area contributed by atoms with Crippen LogP contribution in [-0.4, -0.2) is 22.8 Å². The summed E-state index contributed by atoms with van der Waals surface area (Å²) in [6.07, 6.45) is 4.69. The molecule has 1 aliphatic rings. The number of hydrogen-bond donors (Lipinski definition) is 1. The van der Waals surface area contributed by atoms with Crippen molar-refractivity contribution in [1.29, 1.82) is 0 Å². The molecular formula is C14H14O3. The van der Waals surface area contributed by atoms with Crippen LogP contribution < -0.4 is 0 Å². The molecule has 1 rings (SSSR count). The maximum Gasteiger partial charge on any atom is 0.178 e. The van der Waals surface area contributed by atoms with E-state index in [9.17, 15) is 14.7 Å². The molecule has 0 aromatic carbocycles. The summed E-state index contributed by atoms with van der Waals surface area (Å²) in [5, 5.41) is 10.4. The van der Waals surface area contributed by atoms with Gasteiger partial charge in [0.15, 0.2) is 11.4 Å². The Morgan fingerprint density at radius 2 is 1.88 bits per heavy atom. The van der Waals surface area contributed by atoms with E-state index in [4.69, 9.17) is 0 Å². The summed E-state index contributed by atoms with van der Waals surface area (Å²) in [5.41, 5.74) is 0.139. The van der Waals surface area contributed by atoms with Crippen LogP contribution in [-0.2, 0) is 9.59 Å². The molecule has 17 heavy (non-hydrogen) atoms. The Morgan fingerprint density at radius 1 is 1.35 bits per heavy atom. The highest BCUT2D eigenvalue weighted by Gasteiger charge is 2.32. The molecular weight excluding hydrogens is 216 g/mol. The topological polar surface area (TPSA) is 54.4 Å². The van der Waals surface area contributed by atoms with Gasteiger partial charge < -0.3 is 5.11 Å². The van der Waals surface area contributed by atoms with Gasteiger partial charge >= 0.3 is 0 Å². The number of ketones is 1. The number of carbonyl (C=O) groups is 2. The Labute approximate surface area is 101 Å². The van der Waals surface area contributed by atoms with Crippen LogP contribution in [0.1, 0.15) is 20.8 Å². The number of rotatable bonds is 1. The highest BCUT2D eigenvalue weighted by Crippen LogP contribution is 2.28. The van der Waals surface area contributed by atoms with Crippen LogP contribution >= 0.6 is 0 Å². The van der Waals surface area contributed by atoms with Crippen LogP contribution in [0.3, 0.4) is 0 Å². The maximum atomic E-state index is 11.2. The largest absolute Gasteiger partial charge is 0.370 e. The fraction of sp³-hybridized carbons (Fsp3) is 0.286. The third-order valence-corrected chi connectivity index (χ3v) is 2.62. The molecule has 0 atom stereocenters. The van der Waals surface area contributed by atoms with Crippen molar-refractivity contribution >= 4 is 12.1 Å². The second-order valence-corrected chi connectivity index (χ2v) is 4.00.